The van der Waals surface area contributed by atoms with Gasteiger partial charge in [-0.3, -0.25) is 4.68 Å². The van der Waals surface area contributed by atoms with E-state index in [0.717, 1.165) is 22.9 Å². The van der Waals surface area contributed by atoms with E-state index in [1.54, 1.807) is 11.0 Å². The molecule has 0 unspecified atom stereocenters. The Kier molecular flexibility index (Phi) is 3.20. The van der Waals surface area contributed by atoms with Crippen molar-refractivity contribution in [3.05, 3.63) is 54.4 Å². The van der Waals surface area contributed by atoms with Gasteiger partial charge in [-0.1, -0.05) is 0 Å². The van der Waals surface area contributed by atoms with Gasteiger partial charge < -0.3 is 5.32 Å². The zero-order valence-corrected chi connectivity index (χ0v) is 11.5. The van der Waals surface area contributed by atoms with Gasteiger partial charge in [0.05, 0.1) is 17.9 Å². The minimum absolute atomic E-state index is 0.650. The van der Waals surface area contributed by atoms with Gasteiger partial charge in [-0.15, -0.1) is 0 Å². The zero-order valence-electron chi connectivity index (χ0n) is 11.5. The maximum Gasteiger partial charge on any atom is 0.145 e. The molecule has 0 saturated heterocycles. The van der Waals surface area contributed by atoms with Crippen LogP contribution in [-0.4, -0.2) is 24.5 Å². The molecule has 0 fully saturated rings. The van der Waals surface area contributed by atoms with E-state index in [2.05, 4.69) is 20.5 Å². The first-order valence-electron chi connectivity index (χ1n) is 6.42. The molecule has 3 aromatic rings. The van der Waals surface area contributed by atoms with Gasteiger partial charge in [0.2, 0.25) is 0 Å². The summed E-state index contributed by atoms with van der Waals surface area (Å²) in [4.78, 5) is 4.17. The normalized spacial score (nSPS) is 10.7. The number of rotatable bonds is 4. The van der Waals surface area contributed by atoms with Crippen LogP contribution in [-0.2, 0) is 13.6 Å². The highest BCUT2D eigenvalue weighted by molar-refractivity contribution is 5.48. The monoisotopic (exact) mass is 268 g/mol. The Hall–Kier alpha value is -2.63. The highest BCUT2D eigenvalue weighted by Gasteiger charge is 2.01. The molecule has 2 heterocycles. The Morgan fingerprint density at radius 1 is 1.15 bits per heavy atom. The van der Waals surface area contributed by atoms with Crippen LogP contribution in [0.5, 0.6) is 0 Å². The average molecular weight is 268 g/mol. The van der Waals surface area contributed by atoms with Gasteiger partial charge in [-0.2, -0.15) is 10.2 Å². The van der Waals surface area contributed by atoms with Crippen LogP contribution in [0, 0.1) is 6.92 Å². The van der Waals surface area contributed by atoms with Crippen molar-refractivity contribution in [2.24, 2.45) is 7.05 Å². The van der Waals surface area contributed by atoms with Crippen LogP contribution in [0.3, 0.4) is 0 Å². The summed E-state index contributed by atoms with van der Waals surface area (Å²) in [7, 11) is 1.88. The van der Waals surface area contributed by atoms with Crippen LogP contribution in [0.4, 0.5) is 5.69 Å². The number of nitrogens with zero attached hydrogens (tertiary/aromatic N) is 5. The molecule has 2 aromatic heterocycles. The van der Waals surface area contributed by atoms with Gasteiger partial charge in [0.15, 0.2) is 0 Å². The number of hydrogen-bond acceptors (Lipinski definition) is 4. The summed E-state index contributed by atoms with van der Waals surface area (Å²) in [6.45, 7) is 2.63. The van der Waals surface area contributed by atoms with Crippen molar-refractivity contribution >= 4 is 5.69 Å². The summed E-state index contributed by atoms with van der Waals surface area (Å²) >= 11 is 0. The number of hydrogen-bond donors (Lipinski definition) is 1. The second-order valence-corrected chi connectivity index (χ2v) is 4.60. The Balaban J connectivity index is 1.69. The van der Waals surface area contributed by atoms with Crippen molar-refractivity contribution in [1.82, 2.24) is 24.5 Å². The van der Waals surface area contributed by atoms with Crippen LogP contribution in [0.15, 0.2) is 42.9 Å². The fraction of sp³-hybridized carbons (Fsp3) is 0.214. The van der Waals surface area contributed by atoms with E-state index >= 15 is 0 Å². The largest absolute Gasteiger partial charge is 0.378 e. The number of anilines is 1. The molecule has 0 bridgehead atoms. The van der Waals surface area contributed by atoms with Crippen LogP contribution in [0.1, 0.15) is 11.5 Å². The molecule has 1 aromatic carbocycles. The van der Waals surface area contributed by atoms with Crippen molar-refractivity contribution in [3.63, 3.8) is 0 Å². The third kappa shape index (κ3) is 2.54. The van der Waals surface area contributed by atoms with E-state index in [4.69, 9.17) is 0 Å². The molecule has 6 heteroatoms. The number of benzene rings is 1. The predicted molar refractivity (Wildman–Crippen MR) is 76.6 cm³/mol. The number of aryl methyl sites for hydroxylation is 2. The van der Waals surface area contributed by atoms with Gasteiger partial charge in [0, 0.05) is 18.9 Å². The fourth-order valence-corrected chi connectivity index (χ4v) is 1.95. The first kappa shape index (κ1) is 12.4. The van der Waals surface area contributed by atoms with Gasteiger partial charge >= 0.3 is 0 Å². The molecule has 3 rings (SSSR count). The molecule has 1 N–H and O–H groups in total. The Bertz CT molecular complexity index is 695. The van der Waals surface area contributed by atoms with Crippen molar-refractivity contribution < 1.29 is 0 Å². The van der Waals surface area contributed by atoms with E-state index in [0.29, 0.717) is 6.54 Å². The van der Waals surface area contributed by atoms with Crippen LogP contribution in [0.25, 0.3) is 5.69 Å². The number of nitrogens with one attached hydrogen (secondary N) is 1. The summed E-state index contributed by atoms with van der Waals surface area (Å²) < 4.78 is 3.62. The summed E-state index contributed by atoms with van der Waals surface area (Å²) in [6, 6.07) is 10.1. The molecule has 6 nitrogen and oxygen atoms in total. The maximum absolute atomic E-state index is 4.38. The first-order chi connectivity index (χ1) is 9.72. The molecule has 0 spiro atoms. The van der Waals surface area contributed by atoms with Crippen LogP contribution >= 0.6 is 0 Å². The van der Waals surface area contributed by atoms with E-state index in [9.17, 15) is 0 Å². The molecule has 0 saturated carbocycles. The van der Waals surface area contributed by atoms with Gasteiger partial charge in [0.1, 0.15) is 12.2 Å². The van der Waals surface area contributed by atoms with E-state index in [-0.39, 0.29) is 0 Å². The molecule has 0 aliphatic heterocycles. The van der Waals surface area contributed by atoms with Crippen molar-refractivity contribution in [2.75, 3.05) is 5.32 Å². The second kappa shape index (κ2) is 5.16. The summed E-state index contributed by atoms with van der Waals surface area (Å²) in [5, 5.41) is 11.7. The lowest BCUT2D eigenvalue weighted by Crippen LogP contribution is -2.06. The summed E-state index contributed by atoms with van der Waals surface area (Å²) in [6.07, 6.45) is 3.51. The lowest BCUT2D eigenvalue weighted by Gasteiger charge is -2.07. The molecular formula is C14H16N6. The summed E-state index contributed by atoms with van der Waals surface area (Å²) in [5.74, 6) is 0.900. The quantitative estimate of drug-likeness (QED) is 0.785. The van der Waals surface area contributed by atoms with Gasteiger partial charge in [-0.25, -0.2) is 9.67 Å². The average Bonchev–Trinajstić information content (AvgIpc) is 3.06. The highest BCUT2D eigenvalue weighted by atomic mass is 15.3. The predicted octanol–water partition coefficient (Wildman–Crippen LogP) is 1.92. The highest BCUT2D eigenvalue weighted by Crippen LogP contribution is 2.13. The van der Waals surface area contributed by atoms with Gasteiger partial charge in [0.25, 0.3) is 0 Å². The van der Waals surface area contributed by atoms with Crippen molar-refractivity contribution in [3.8, 4) is 5.69 Å². The lowest BCUT2D eigenvalue weighted by atomic mass is 10.3. The maximum atomic E-state index is 4.38. The standard InChI is InChI=1S/C14H16N6/c1-11-7-8-20(18-11)13-5-3-12(4-6-13)15-9-14-16-10-17-19(14)2/h3-8,10,15H,9H2,1-2H3. The van der Waals surface area contributed by atoms with Crippen molar-refractivity contribution in [1.29, 1.82) is 0 Å². The van der Waals surface area contributed by atoms with Gasteiger partial charge in [-0.05, 0) is 37.3 Å². The molecule has 0 amide bonds. The molecule has 0 aliphatic rings. The SMILES string of the molecule is Cc1ccn(-c2ccc(NCc3ncnn3C)cc2)n1. The molecule has 20 heavy (non-hydrogen) atoms. The molecule has 0 atom stereocenters. The Morgan fingerprint density at radius 2 is 1.95 bits per heavy atom. The zero-order chi connectivity index (χ0) is 13.9. The fourth-order valence-electron chi connectivity index (χ4n) is 1.95. The minimum atomic E-state index is 0.650. The van der Waals surface area contributed by atoms with E-state index < -0.39 is 0 Å². The molecule has 0 radical (unpaired) electrons. The molecular weight excluding hydrogens is 252 g/mol. The first-order valence-corrected chi connectivity index (χ1v) is 6.42. The van der Waals surface area contributed by atoms with E-state index in [1.807, 2.05) is 55.2 Å². The smallest absolute Gasteiger partial charge is 0.145 e. The molecule has 0 aliphatic carbocycles. The second-order valence-electron chi connectivity index (χ2n) is 4.60. The van der Waals surface area contributed by atoms with Crippen molar-refractivity contribution in [2.45, 2.75) is 13.5 Å². The minimum Gasteiger partial charge on any atom is -0.378 e. The molecule has 102 valence electrons. The van der Waals surface area contributed by atoms with E-state index in [1.165, 1.54) is 0 Å². The van der Waals surface area contributed by atoms with Crippen LogP contribution < -0.4 is 5.32 Å². The third-order valence-electron chi connectivity index (χ3n) is 3.11. The Labute approximate surface area is 117 Å². The number of aromatic nitrogens is 5. The Morgan fingerprint density at radius 3 is 2.55 bits per heavy atom. The van der Waals surface area contributed by atoms with Crippen LogP contribution in [0.2, 0.25) is 0 Å². The summed E-state index contributed by atoms with van der Waals surface area (Å²) in [5.41, 5.74) is 3.09. The topological polar surface area (TPSA) is 60.6 Å². The lowest BCUT2D eigenvalue weighted by molar-refractivity contribution is 0.712. The third-order valence-corrected chi connectivity index (χ3v) is 3.11.